The summed E-state index contributed by atoms with van der Waals surface area (Å²) in [5, 5.41) is 24.3. The van der Waals surface area contributed by atoms with E-state index in [1.165, 1.54) is 0 Å². The smallest absolute Gasteiger partial charge is 0.211 e. The molecule has 2 aromatic rings. The van der Waals surface area contributed by atoms with Crippen molar-refractivity contribution < 1.29 is 0 Å². The van der Waals surface area contributed by atoms with Crippen molar-refractivity contribution in [1.82, 2.24) is 10.3 Å². The summed E-state index contributed by atoms with van der Waals surface area (Å²) >= 11 is 6.11. The minimum Gasteiger partial charge on any atom is -0.397 e. The quantitative estimate of drug-likeness (QED) is 0.470. The monoisotopic (exact) mass is 366 g/mol. The van der Waals surface area contributed by atoms with E-state index in [0.29, 0.717) is 16.4 Å². The molecule has 0 fully saturated rings. The van der Waals surface area contributed by atoms with E-state index in [1.54, 1.807) is 6.07 Å². The highest BCUT2D eigenvalue weighted by Gasteiger charge is 2.30. The van der Waals surface area contributed by atoms with Crippen molar-refractivity contribution in [2.24, 2.45) is 4.99 Å². The number of hydrogen-bond acceptors (Lipinski definition) is 8. The number of rotatable bonds is 2. The number of aromatic nitrogens is 1. The van der Waals surface area contributed by atoms with Crippen LogP contribution in [0.1, 0.15) is 35.2 Å². The molecule has 26 heavy (non-hydrogen) atoms. The summed E-state index contributed by atoms with van der Waals surface area (Å²) in [5.41, 5.74) is 14.8. The fourth-order valence-corrected chi connectivity index (χ4v) is 3.15. The maximum atomic E-state index is 9.35. The molecule has 1 aliphatic rings. The molecule has 6 N–H and O–H groups in total. The van der Waals surface area contributed by atoms with E-state index < -0.39 is 6.04 Å². The van der Waals surface area contributed by atoms with Crippen LogP contribution in [0, 0.1) is 22.8 Å². The first-order valence-corrected chi connectivity index (χ1v) is 8.15. The second kappa shape index (κ2) is 6.79. The molecule has 8 nitrogen and oxygen atoms in total. The largest absolute Gasteiger partial charge is 0.397 e. The lowest BCUT2D eigenvalue weighted by Crippen LogP contribution is -2.33. The van der Waals surface area contributed by atoms with E-state index >= 15 is 0 Å². The van der Waals surface area contributed by atoms with E-state index in [2.05, 4.69) is 20.6 Å². The molecule has 0 saturated carbocycles. The number of pyridine rings is 1. The summed E-state index contributed by atoms with van der Waals surface area (Å²) in [6, 6.07) is 6.90. The number of halogens is 1. The van der Waals surface area contributed by atoms with Crippen molar-refractivity contribution in [2.45, 2.75) is 19.4 Å². The zero-order valence-electron chi connectivity index (χ0n) is 13.8. The zero-order valence-corrected chi connectivity index (χ0v) is 14.6. The molecule has 0 saturated heterocycles. The number of benzene rings is 1. The standard InChI is InChI=1S/C17H15ClN8/c1-2-8-5-9(18)3-4-10(8)14-12-13(21)11(6-19)15(22)25-16(12)26-17(24-14)23-7-20/h3-5,14H,2H2,1H3,(H6,21,22,23,24,25,26). The highest BCUT2D eigenvalue weighted by molar-refractivity contribution is 6.30. The Balaban J connectivity index is 2.29. The third-order valence-corrected chi connectivity index (χ3v) is 4.37. The molecule has 1 aliphatic heterocycles. The topological polar surface area (TPSA) is 149 Å². The van der Waals surface area contributed by atoms with Gasteiger partial charge in [-0.15, -0.1) is 0 Å². The van der Waals surface area contributed by atoms with Crippen LogP contribution in [0.25, 0.3) is 0 Å². The number of nitrogens with zero attached hydrogens (tertiary/aromatic N) is 4. The fourth-order valence-electron chi connectivity index (χ4n) is 2.95. The van der Waals surface area contributed by atoms with Crippen molar-refractivity contribution >= 4 is 34.9 Å². The van der Waals surface area contributed by atoms with Gasteiger partial charge in [0.2, 0.25) is 5.96 Å². The van der Waals surface area contributed by atoms with Gasteiger partial charge >= 0.3 is 0 Å². The Morgan fingerprint density at radius 1 is 1.35 bits per heavy atom. The molecular weight excluding hydrogens is 352 g/mol. The lowest BCUT2D eigenvalue weighted by Gasteiger charge is -2.27. The molecule has 9 heteroatoms. The first kappa shape index (κ1) is 17.3. The normalized spacial score (nSPS) is 15.1. The molecule has 130 valence electrons. The van der Waals surface area contributed by atoms with Gasteiger partial charge in [-0.1, -0.05) is 24.6 Å². The average Bonchev–Trinajstić information content (AvgIpc) is 2.61. The maximum Gasteiger partial charge on any atom is 0.211 e. The van der Waals surface area contributed by atoms with Gasteiger partial charge < -0.3 is 16.8 Å². The van der Waals surface area contributed by atoms with Crippen LogP contribution < -0.4 is 22.1 Å². The Kier molecular flexibility index (Phi) is 4.53. The van der Waals surface area contributed by atoms with E-state index in [4.69, 9.17) is 28.3 Å². The van der Waals surface area contributed by atoms with Gasteiger partial charge in [-0.2, -0.15) is 10.5 Å². The van der Waals surface area contributed by atoms with Gasteiger partial charge in [-0.05, 0) is 29.7 Å². The lowest BCUT2D eigenvalue weighted by atomic mass is 9.91. The van der Waals surface area contributed by atoms with Crippen LogP contribution in [0.4, 0.5) is 17.3 Å². The molecular formula is C17H15ClN8. The predicted octanol–water partition coefficient (Wildman–Crippen LogP) is 2.28. The summed E-state index contributed by atoms with van der Waals surface area (Å²) < 4.78 is 0. The van der Waals surface area contributed by atoms with Crippen molar-refractivity contribution in [3.8, 4) is 12.3 Å². The number of nitrogens with one attached hydrogen (secondary N) is 2. The average molecular weight is 367 g/mol. The molecule has 0 amide bonds. The number of guanidine groups is 1. The summed E-state index contributed by atoms with van der Waals surface area (Å²) in [6.45, 7) is 2.00. The summed E-state index contributed by atoms with van der Waals surface area (Å²) in [4.78, 5) is 8.78. The van der Waals surface area contributed by atoms with E-state index in [9.17, 15) is 5.26 Å². The number of fused-ring (bicyclic) bond motifs is 1. The van der Waals surface area contributed by atoms with Gasteiger partial charge in [0.1, 0.15) is 29.3 Å². The number of hydrogen-bond donors (Lipinski definition) is 4. The molecule has 0 aliphatic carbocycles. The number of nitrogens with two attached hydrogens (primary N) is 2. The van der Waals surface area contributed by atoms with Crippen molar-refractivity contribution in [3.05, 3.63) is 45.5 Å². The lowest BCUT2D eigenvalue weighted by molar-refractivity contribution is 0.829. The van der Waals surface area contributed by atoms with Crippen molar-refractivity contribution in [2.75, 3.05) is 16.8 Å². The SMILES string of the molecule is CCc1cc(Cl)ccc1C1N=C(NC#N)Nc2nc(N)c(C#N)c(N)c21. The van der Waals surface area contributed by atoms with Crippen LogP contribution in [0.3, 0.4) is 0 Å². The van der Waals surface area contributed by atoms with Gasteiger partial charge in [0.05, 0.1) is 5.69 Å². The first-order valence-electron chi connectivity index (χ1n) is 7.77. The Morgan fingerprint density at radius 3 is 2.77 bits per heavy atom. The Morgan fingerprint density at radius 2 is 2.12 bits per heavy atom. The van der Waals surface area contributed by atoms with Gasteiger partial charge in [0.25, 0.3) is 0 Å². The van der Waals surface area contributed by atoms with E-state index in [0.717, 1.165) is 17.5 Å². The molecule has 1 unspecified atom stereocenters. The van der Waals surface area contributed by atoms with Gasteiger partial charge in [0, 0.05) is 10.6 Å². The second-order valence-electron chi connectivity index (χ2n) is 5.60. The van der Waals surface area contributed by atoms with Gasteiger partial charge in [0.15, 0.2) is 6.19 Å². The second-order valence-corrected chi connectivity index (χ2v) is 6.03. The summed E-state index contributed by atoms with van der Waals surface area (Å²) in [5.74, 6) is 0.590. The summed E-state index contributed by atoms with van der Waals surface area (Å²) in [6.07, 6.45) is 2.54. The third-order valence-electron chi connectivity index (χ3n) is 4.14. The van der Waals surface area contributed by atoms with Crippen LogP contribution in [0.2, 0.25) is 5.02 Å². The van der Waals surface area contributed by atoms with Crippen LogP contribution in [-0.4, -0.2) is 10.9 Å². The van der Waals surface area contributed by atoms with Crippen LogP contribution in [0.15, 0.2) is 23.2 Å². The van der Waals surface area contributed by atoms with Crippen LogP contribution in [-0.2, 0) is 6.42 Å². The molecule has 0 spiro atoms. The number of aryl methyl sites for hydroxylation is 1. The molecule has 1 aromatic heterocycles. The molecule has 1 atom stereocenters. The predicted molar refractivity (Wildman–Crippen MR) is 100 cm³/mol. The molecule has 2 heterocycles. The number of anilines is 3. The Hall–Kier alpha value is -3.49. The highest BCUT2D eigenvalue weighted by Crippen LogP contribution is 2.41. The van der Waals surface area contributed by atoms with E-state index in [1.807, 2.05) is 31.3 Å². The van der Waals surface area contributed by atoms with Crippen LogP contribution >= 0.6 is 11.6 Å². The maximum absolute atomic E-state index is 9.35. The number of nitrogen functional groups attached to an aromatic ring is 2. The minimum atomic E-state index is -0.561. The first-order chi connectivity index (χ1) is 12.5. The Labute approximate surface area is 155 Å². The zero-order chi connectivity index (χ0) is 18.8. The minimum absolute atomic E-state index is 0.0139. The van der Waals surface area contributed by atoms with Crippen LogP contribution in [0.5, 0.6) is 0 Å². The molecule has 1 aromatic carbocycles. The summed E-state index contributed by atoms with van der Waals surface area (Å²) in [7, 11) is 0. The number of nitriles is 2. The van der Waals surface area contributed by atoms with Gasteiger partial charge in [-0.25, -0.2) is 9.98 Å². The highest BCUT2D eigenvalue weighted by atomic mass is 35.5. The molecule has 0 radical (unpaired) electrons. The molecule has 3 rings (SSSR count). The van der Waals surface area contributed by atoms with E-state index in [-0.39, 0.29) is 23.0 Å². The number of aliphatic imine (C=N–C) groups is 1. The van der Waals surface area contributed by atoms with Gasteiger partial charge in [-0.3, -0.25) is 5.32 Å². The third kappa shape index (κ3) is 2.83. The molecule has 0 bridgehead atoms. The van der Waals surface area contributed by atoms with Crippen molar-refractivity contribution in [3.63, 3.8) is 0 Å². The fraction of sp³-hybridized carbons (Fsp3) is 0.176. The van der Waals surface area contributed by atoms with Crippen molar-refractivity contribution in [1.29, 1.82) is 10.5 Å². The Bertz CT molecular complexity index is 999.